The highest BCUT2D eigenvalue weighted by molar-refractivity contribution is 7.90. The predicted octanol–water partition coefficient (Wildman–Crippen LogP) is 0.892. The lowest BCUT2D eigenvalue weighted by atomic mass is 10.2. The average molecular weight is 270 g/mol. The van der Waals surface area contributed by atoms with Crippen molar-refractivity contribution in [2.45, 2.75) is 18.9 Å². The summed E-state index contributed by atoms with van der Waals surface area (Å²) < 4.78 is 27.5. The molecule has 6 nitrogen and oxygen atoms in total. The minimum atomic E-state index is -3.80. The number of rotatable bonds is 4. The van der Waals surface area contributed by atoms with Crippen LogP contribution in [0.15, 0.2) is 30.3 Å². The van der Waals surface area contributed by atoms with E-state index >= 15 is 0 Å². The molecule has 1 atom stereocenters. The van der Waals surface area contributed by atoms with Gasteiger partial charge in [0.1, 0.15) is 6.04 Å². The van der Waals surface area contributed by atoms with Crippen LogP contribution in [-0.2, 0) is 15.0 Å². The van der Waals surface area contributed by atoms with E-state index in [9.17, 15) is 13.2 Å². The van der Waals surface area contributed by atoms with Crippen LogP contribution >= 0.6 is 0 Å². The second-order valence-electron chi connectivity index (χ2n) is 4.08. The number of carboxylic acids is 1. The fourth-order valence-corrected chi connectivity index (χ4v) is 3.44. The number of nitrogens with one attached hydrogen (secondary N) is 1. The standard InChI is InChI=1S/C11H14N2O4S/c14-11(15)10-7-4-8-13(10)18(16,17)12-9-5-2-1-3-6-9/h1-3,5-6,10,12H,4,7-8H2,(H,14,15)/t10-/m0/s1. The Labute approximate surface area is 105 Å². The SMILES string of the molecule is O=C(O)[C@@H]1CCCN1S(=O)(=O)Nc1ccccc1. The van der Waals surface area contributed by atoms with Crippen LogP contribution in [0.1, 0.15) is 12.8 Å². The summed E-state index contributed by atoms with van der Waals surface area (Å²) in [6.45, 7) is 0.235. The molecule has 0 spiro atoms. The molecule has 1 saturated heterocycles. The van der Waals surface area contributed by atoms with E-state index in [0.717, 1.165) is 4.31 Å². The van der Waals surface area contributed by atoms with E-state index in [2.05, 4.69) is 4.72 Å². The van der Waals surface area contributed by atoms with E-state index in [0.29, 0.717) is 18.5 Å². The number of hydrogen-bond donors (Lipinski definition) is 2. The summed E-state index contributed by atoms with van der Waals surface area (Å²) in [5.41, 5.74) is 0.425. The third-order valence-electron chi connectivity index (χ3n) is 2.82. The molecule has 0 aliphatic carbocycles. The average Bonchev–Trinajstić information content (AvgIpc) is 2.79. The maximum atomic E-state index is 12.1. The van der Waals surface area contributed by atoms with Crippen LogP contribution in [0.5, 0.6) is 0 Å². The van der Waals surface area contributed by atoms with Crippen molar-refractivity contribution in [1.82, 2.24) is 4.31 Å². The van der Waals surface area contributed by atoms with Crippen molar-refractivity contribution in [3.63, 3.8) is 0 Å². The van der Waals surface area contributed by atoms with Gasteiger partial charge in [-0.3, -0.25) is 9.52 Å². The number of aliphatic carboxylic acids is 1. The van der Waals surface area contributed by atoms with Gasteiger partial charge in [0.2, 0.25) is 0 Å². The zero-order valence-electron chi connectivity index (χ0n) is 9.61. The Kier molecular flexibility index (Phi) is 3.53. The highest BCUT2D eigenvalue weighted by Gasteiger charge is 2.38. The maximum absolute atomic E-state index is 12.1. The molecule has 0 unspecified atom stereocenters. The topological polar surface area (TPSA) is 86.7 Å². The molecule has 1 aliphatic rings. The van der Waals surface area contributed by atoms with Crippen LogP contribution < -0.4 is 4.72 Å². The predicted molar refractivity (Wildman–Crippen MR) is 66.3 cm³/mol. The summed E-state index contributed by atoms with van der Waals surface area (Å²) >= 11 is 0. The molecule has 7 heteroatoms. The zero-order valence-corrected chi connectivity index (χ0v) is 10.4. The van der Waals surface area contributed by atoms with E-state index in [1.54, 1.807) is 30.3 Å². The van der Waals surface area contributed by atoms with Gasteiger partial charge in [-0.15, -0.1) is 0 Å². The van der Waals surface area contributed by atoms with E-state index in [-0.39, 0.29) is 6.54 Å². The lowest BCUT2D eigenvalue weighted by Crippen LogP contribution is -2.43. The van der Waals surface area contributed by atoms with Gasteiger partial charge < -0.3 is 5.11 Å². The number of carboxylic acid groups (broad SMARTS) is 1. The molecule has 2 rings (SSSR count). The normalized spacial score (nSPS) is 20.8. The van der Waals surface area contributed by atoms with Crippen molar-refractivity contribution in [2.75, 3.05) is 11.3 Å². The van der Waals surface area contributed by atoms with Gasteiger partial charge in [0, 0.05) is 12.2 Å². The van der Waals surface area contributed by atoms with Crippen molar-refractivity contribution in [3.05, 3.63) is 30.3 Å². The van der Waals surface area contributed by atoms with Crippen LogP contribution in [0.25, 0.3) is 0 Å². The smallest absolute Gasteiger partial charge is 0.322 e. The monoisotopic (exact) mass is 270 g/mol. The van der Waals surface area contributed by atoms with E-state index in [1.807, 2.05) is 0 Å². The van der Waals surface area contributed by atoms with Crippen LogP contribution in [-0.4, -0.2) is 36.4 Å². The minimum Gasteiger partial charge on any atom is -0.480 e. The molecule has 18 heavy (non-hydrogen) atoms. The van der Waals surface area contributed by atoms with Gasteiger partial charge in [-0.25, -0.2) is 0 Å². The van der Waals surface area contributed by atoms with Crippen molar-refractivity contribution in [2.24, 2.45) is 0 Å². The maximum Gasteiger partial charge on any atom is 0.322 e. The van der Waals surface area contributed by atoms with Crippen LogP contribution in [0.4, 0.5) is 5.69 Å². The lowest BCUT2D eigenvalue weighted by molar-refractivity contribution is -0.140. The van der Waals surface area contributed by atoms with Gasteiger partial charge in [0.25, 0.3) is 0 Å². The molecule has 1 aliphatic heterocycles. The number of hydrogen-bond acceptors (Lipinski definition) is 3. The van der Waals surface area contributed by atoms with Gasteiger partial charge in [-0.2, -0.15) is 12.7 Å². The number of carbonyl (C=O) groups is 1. The van der Waals surface area contributed by atoms with Gasteiger partial charge >= 0.3 is 16.2 Å². The Morgan fingerprint density at radius 1 is 1.33 bits per heavy atom. The second-order valence-corrected chi connectivity index (χ2v) is 5.70. The number of para-hydroxylation sites is 1. The Hall–Kier alpha value is -1.60. The molecular weight excluding hydrogens is 256 g/mol. The first-order chi connectivity index (χ1) is 8.50. The Morgan fingerprint density at radius 3 is 2.61 bits per heavy atom. The van der Waals surface area contributed by atoms with Crippen molar-refractivity contribution >= 4 is 21.9 Å². The third kappa shape index (κ3) is 2.62. The summed E-state index contributed by atoms with van der Waals surface area (Å²) in [4.78, 5) is 11.0. The van der Waals surface area contributed by atoms with Crippen LogP contribution in [0.3, 0.4) is 0 Å². The molecule has 1 heterocycles. The molecular formula is C11H14N2O4S. The first-order valence-corrected chi connectivity index (χ1v) is 7.02. The first-order valence-electron chi connectivity index (χ1n) is 5.58. The minimum absolute atomic E-state index is 0.235. The largest absolute Gasteiger partial charge is 0.480 e. The second kappa shape index (κ2) is 4.95. The third-order valence-corrected chi connectivity index (χ3v) is 4.37. The zero-order chi connectivity index (χ0) is 13.2. The van der Waals surface area contributed by atoms with Crippen LogP contribution in [0.2, 0.25) is 0 Å². The van der Waals surface area contributed by atoms with Gasteiger partial charge in [0.15, 0.2) is 0 Å². The van der Waals surface area contributed by atoms with E-state index < -0.39 is 22.2 Å². The van der Waals surface area contributed by atoms with Gasteiger partial charge in [0.05, 0.1) is 0 Å². The van der Waals surface area contributed by atoms with E-state index in [1.165, 1.54) is 0 Å². The van der Waals surface area contributed by atoms with Crippen molar-refractivity contribution in [1.29, 1.82) is 0 Å². The van der Waals surface area contributed by atoms with Crippen LogP contribution in [0, 0.1) is 0 Å². The summed E-state index contributed by atoms with van der Waals surface area (Å²) in [5, 5.41) is 8.98. The molecule has 1 aromatic rings. The number of benzene rings is 1. The summed E-state index contributed by atoms with van der Waals surface area (Å²) in [6, 6.07) is 7.44. The quantitative estimate of drug-likeness (QED) is 0.850. The van der Waals surface area contributed by atoms with Gasteiger partial charge in [-0.05, 0) is 25.0 Å². The summed E-state index contributed by atoms with van der Waals surface area (Å²) in [7, 11) is -3.80. The lowest BCUT2D eigenvalue weighted by Gasteiger charge is -2.21. The number of anilines is 1. The number of nitrogens with zero attached hydrogens (tertiary/aromatic N) is 1. The summed E-state index contributed by atoms with van der Waals surface area (Å²) in [6.07, 6.45) is 0.914. The molecule has 0 aromatic heterocycles. The van der Waals surface area contributed by atoms with E-state index in [4.69, 9.17) is 5.11 Å². The first kappa shape index (κ1) is 12.8. The molecule has 0 saturated carbocycles. The molecule has 0 radical (unpaired) electrons. The molecule has 1 aromatic carbocycles. The molecule has 1 fully saturated rings. The molecule has 2 N–H and O–H groups in total. The summed E-state index contributed by atoms with van der Waals surface area (Å²) in [5.74, 6) is -1.11. The fourth-order valence-electron chi connectivity index (χ4n) is 1.99. The molecule has 0 amide bonds. The molecule has 0 bridgehead atoms. The highest BCUT2D eigenvalue weighted by Crippen LogP contribution is 2.22. The Morgan fingerprint density at radius 2 is 2.00 bits per heavy atom. The van der Waals surface area contributed by atoms with Crippen molar-refractivity contribution in [3.8, 4) is 0 Å². The van der Waals surface area contributed by atoms with Gasteiger partial charge in [-0.1, -0.05) is 18.2 Å². The Bertz CT molecular complexity index is 529. The fraction of sp³-hybridized carbons (Fsp3) is 0.364. The molecule has 98 valence electrons. The van der Waals surface area contributed by atoms with Crippen molar-refractivity contribution < 1.29 is 18.3 Å². The Balaban J connectivity index is 2.19. The highest BCUT2D eigenvalue weighted by atomic mass is 32.2.